The second kappa shape index (κ2) is 6.35. The van der Waals surface area contributed by atoms with Gasteiger partial charge in [-0.25, -0.2) is 4.98 Å². The minimum Gasteiger partial charge on any atom is -0.348 e. The zero-order valence-electron chi connectivity index (χ0n) is 12.2. The molecule has 1 unspecified atom stereocenters. The summed E-state index contributed by atoms with van der Waals surface area (Å²) in [6.45, 7) is 10.6. The fourth-order valence-corrected chi connectivity index (χ4v) is 2.97. The van der Waals surface area contributed by atoms with Gasteiger partial charge in [-0.05, 0) is 31.0 Å². The average molecular weight is 277 g/mol. The van der Waals surface area contributed by atoms with Crippen LogP contribution in [-0.2, 0) is 6.54 Å². The quantitative estimate of drug-likeness (QED) is 0.874. The van der Waals surface area contributed by atoms with Gasteiger partial charge in [0.1, 0.15) is 0 Å². The fraction of sp³-hybridized carbons (Fsp3) is 0.533. The molecular weight excluding hydrogens is 254 g/mol. The van der Waals surface area contributed by atoms with Crippen molar-refractivity contribution < 1.29 is 0 Å². The first-order chi connectivity index (χ1) is 9.10. The summed E-state index contributed by atoms with van der Waals surface area (Å²) in [5.74, 6) is 0.595. The molecule has 0 fully saturated rings. The van der Waals surface area contributed by atoms with Crippen LogP contribution in [-0.4, -0.2) is 16.1 Å². The third-order valence-electron chi connectivity index (χ3n) is 3.23. The Kier molecular flexibility index (Phi) is 4.77. The summed E-state index contributed by atoms with van der Waals surface area (Å²) < 4.78 is 2.22. The van der Waals surface area contributed by atoms with Crippen molar-refractivity contribution in [2.45, 2.75) is 40.3 Å². The lowest BCUT2D eigenvalue weighted by Gasteiger charge is -2.20. The van der Waals surface area contributed by atoms with Crippen LogP contribution in [0.4, 0.5) is 0 Å². The van der Waals surface area contributed by atoms with Crippen molar-refractivity contribution in [1.82, 2.24) is 14.9 Å². The number of hydrogen-bond donors (Lipinski definition) is 1. The summed E-state index contributed by atoms with van der Waals surface area (Å²) in [5.41, 5.74) is 2.51. The Morgan fingerprint density at radius 2 is 2.21 bits per heavy atom. The van der Waals surface area contributed by atoms with E-state index >= 15 is 0 Å². The van der Waals surface area contributed by atoms with Crippen molar-refractivity contribution in [3.8, 4) is 0 Å². The molecule has 3 nitrogen and oxygen atoms in total. The van der Waals surface area contributed by atoms with Gasteiger partial charge in [0.2, 0.25) is 0 Å². The van der Waals surface area contributed by atoms with Gasteiger partial charge >= 0.3 is 0 Å². The van der Waals surface area contributed by atoms with Crippen molar-refractivity contribution in [2.24, 2.45) is 5.92 Å². The molecule has 1 atom stereocenters. The maximum atomic E-state index is 4.51. The van der Waals surface area contributed by atoms with E-state index in [1.807, 2.05) is 0 Å². The molecule has 0 aliphatic rings. The van der Waals surface area contributed by atoms with Crippen molar-refractivity contribution in [3.63, 3.8) is 0 Å². The van der Waals surface area contributed by atoms with Gasteiger partial charge in [0.15, 0.2) is 0 Å². The van der Waals surface area contributed by atoms with Gasteiger partial charge in [0.25, 0.3) is 0 Å². The van der Waals surface area contributed by atoms with E-state index in [2.05, 4.69) is 66.4 Å². The summed E-state index contributed by atoms with van der Waals surface area (Å²) >= 11 is 1.71. The van der Waals surface area contributed by atoms with E-state index in [4.69, 9.17) is 0 Å². The lowest BCUT2D eigenvalue weighted by atomic mass is 9.98. The summed E-state index contributed by atoms with van der Waals surface area (Å²) in [5, 5.41) is 6.83. The molecule has 0 bridgehead atoms. The van der Waals surface area contributed by atoms with Gasteiger partial charge in [0.05, 0.1) is 17.2 Å². The molecule has 2 heterocycles. The van der Waals surface area contributed by atoms with Crippen molar-refractivity contribution in [2.75, 3.05) is 6.54 Å². The molecule has 2 aromatic heterocycles. The molecule has 4 heteroatoms. The molecule has 0 radical (unpaired) electrons. The minimum absolute atomic E-state index is 0.434. The molecule has 2 aromatic rings. The van der Waals surface area contributed by atoms with Gasteiger partial charge in [-0.1, -0.05) is 20.8 Å². The molecule has 0 aromatic carbocycles. The highest BCUT2D eigenvalue weighted by Crippen LogP contribution is 2.22. The fourth-order valence-electron chi connectivity index (χ4n) is 2.37. The van der Waals surface area contributed by atoms with E-state index in [1.165, 1.54) is 5.56 Å². The Hall–Kier alpha value is -1.13. The average Bonchev–Trinajstić information content (AvgIpc) is 2.96. The van der Waals surface area contributed by atoms with Crippen molar-refractivity contribution in [1.29, 1.82) is 0 Å². The number of nitrogens with one attached hydrogen (secondary N) is 1. The van der Waals surface area contributed by atoms with Crippen LogP contribution < -0.4 is 5.32 Å². The van der Waals surface area contributed by atoms with E-state index in [0.717, 1.165) is 23.8 Å². The molecule has 19 heavy (non-hydrogen) atoms. The Morgan fingerprint density at radius 1 is 1.42 bits per heavy atom. The first-order valence-corrected chi connectivity index (χ1v) is 7.78. The zero-order chi connectivity index (χ0) is 13.8. The van der Waals surface area contributed by atoms with Gasteiger partial charge < -0.3 is 9.88 Å². The third-order valence-corrected chi connectivity index (χ3v) is 4.06. The van der Waals surface area contributed by atoms with E-state index in [1.54, 1.807) is 11.3 Å². The lowest BCUT2D eigenvalue weighted by Crippen LogP contribution is -2.25. The maximum absolute atomic E-state index is 4.51. The molecule has 0 saturated carbocycles. The number of nitrogens with zero attached hydrogens (tertiary/aromatic N) is 2. The highest BCUT2D eigenvalue weighted by molar-refractivity contribution is 7.09. The number of aromatic nitrogens is 2. The normalized spacial score (nSPS) is 13.1. The van der Waals surface area contributed by atoms with Gasteiger partial charge in [0, 0.05) is 23.8 Å². The highest BCUT2D eigenvalue weighted by atomic mass is 32.1. The van der Waals surface area contributed by atoms with Gasteiger partial charge in [-0.3, -0.25) is 0 Å². The summed E-state index contributed by atoms with van der Waals surface area (Å²) in [4.78, 5) is 4.51. The smallest absolute Gasteiger partial charge is 0.0898 e. The van der Waals surface area contributed by atoms with Crippen LogP contribution in [0.15, 0.2) is 23.8 Å². The molecule has 0 aliphatic carbocycles. The first-order valence-electron chi connectivity index (χ1n) is 6.90. The Balaban J connectivity index is 2.09. The summed E-state index contributed by atoms with van der Waals surface area (Å²) in [7, 11) is 0. The maximum Gasteiger partial charge on any atom is 0.0898 e. The number of aryl methyl sites for hydroxylation is 1. The molecule has 0 spiro atoms. The molecule has 104 valence electrons. The molecular formula is C15H23N3S. The van der Waals surface area contributed by atoms with E-state index < -0.39 is 0 Å². The molecule has 0 amide bonds. The van der Waals surface area contributed by atoms with Crippen LogP contribution >= 0.6 is 11.3 Å². The highest BCUT2D eigenvalue weighted by Gasteiger charge is 2.15. The lowest BCUT2D eigenvalue weighted by molar-refractivity contribution is 0.421. The largest absolute Gasteiger partial charge is 0.348 e. The van der Waals surface area contributed by atoms with Gasteiger partial charge in [-0.15, -0.1) is 11.3 Å². The monoisotopic (exact) mass is 277 g/mol. The van der Waals surface area contributed by atoms with Crippen LogP contribution in [0.3, 0.4) is 0 Å². The van der Waals surface area contributed by atoms with Crippen molar-refractivity contribution in [3.05, 3.63) is 40.1 Å². The Bertz CT molecular complexity index is 513. The molecule has 2 rings (SSSR count). The summed E-state index contributed by atoms with van der Waals surface area (Å²) in [6, 6.07) is 2.65. The number of thiazole rings is 1. The molecule has 0 aliphatic heterocycles. The topological polar surface area (TPSA) is 29.9 Å². The van der Waals surface area contributed by atoms with E-state index in [0.29, 0.717) is 12.0 Å². The summed E-state index contributed by atoms with van der Waals surface area (Å²) in [6.07, 6.45) is 4.39. The second-order valence-corrected chi connectivity index (χ2v) is 6.32. The standard InChI is InChI=1S/C15H23N3S/c1-5-16-15(11(2)3)13-6-7-18(8-13)9-14-10-19-12(4)17-14/h6-8,10-11,15-16H,5,9H2,1-4H3. The number of rotatable bonds is 6. The van der Waals surface area contributed by atoms with Crippen LogP contribution in [0.1, 0.15) is 43.1 Å². The zero-order valence-corrected chi connectivity index (χ0v) is 13.0. The Morgan fingerprint density at radius 3 is 2.79 bits per heavy atom. The Labute approximate surface area is 119 Å². The van der Waals surface area contributed by atoms with Crippen LogP contribution in [0.2, 0.25) is 0 Å². The SMILES string of the molecule is CCNC(c1ccn(Cc2csc(C)n2)c1)C(C)C. The van der Waals surface area contributed by atoms with E-state index in [-0.39, 0.29) is 0 Å². The second-order valence-electron chi connectivity index (χ2n) is 5.25. The minimum atomic E-state index is 0.434. The molecule has 0 saturated heterocycles. The first kappa shape index (κ1) is 14.3. The third kappa shape index (κ3) is 3.67. The number of hydrogen-bond acceptors (Lipinski definition) is 3. The molecule has 1 N–H and O–H groups in total. The van der Waals surface area contributed by atoms with E-state index in [9.17, 15) is 0 Å². The van der Waals surface area contributed by atoms with Crippen LogP contribution in [0, 0.1) is 12.8 Å². The predicted molar refractivity (Wildman–Crippen MR) is 81.6 cm³/mol. The van der Waals surface area contributed by atoms with Gasteiger partial charge in [-0.2, -0.15) is 0 Å². The predicted octanol–water partition coefficient (Wildman–Crippen LogP) is 3.61. The van der Waals surface area contributed by atoms with Crippen molar-refractivity contribution >= 4 is 11.3 Å². The van der Waals surface area contributed by atoms with Crippen LogP contribution in [0.5, 0.6) is 0 Å². The van der Waals surface area contributed by atoms with Crippen LogP contribution in [0.25, 0.3) is 0 Å².